The third-order valence-electron chi connectivity index (χ3n) is 2.02. The van der Waals surface area contributed by atoms with Crippen molar-refractivity contribution in [2.45, 2.75) is 0 Å². The van der Waals surface area contributed by atoms with Crippen molar-refractivity contribution < 1.29 is 14.1 Å². The van der Waals surface area contributed by atoms with E-state index in [0.29, 0.717) is 0 Å². The predicted octanol–water partition coefficient (Wildman–Crippen LogP) is 1.14. The standard InChI is InChI=1S/C9H10FN3O3/c1-11-7-4-6(10)8(13(15)16)3-5(7)9(14)12-2/h3-4,11H,1-2H3,(H,12,14). The summed E-state index contributed by atoms with van der Waals surface area (Å²) in [5, 5.41) is 15.4. The van der Waals surface area contributed by atoms with Crippen LogP contribution < -0.4 is 10.6 Å². The van der Waals surface area contributed by atoms with Gasteiger partial charge in [0.05, 0.1) is 16.2 Å². The zero-order valence-corrected chi connectivity index (χ0v) is 8.70. The summed E-state index contributed by atoms with van der Waals surface area (Å²) in [6, 6.07) is 1.82. The largest absolute Gasteiger partial charge is 0.387 e. The van der Waals surface area contributed by atoms with E-state index in [1.807, 2.05) is 0 Å². The van der Waals surface area contributed by atoms with Gasteiger partial charge in [-0.3, -0.25) is 14.9 Å². The van der Waals surface area contributed by atoms with Gasteiger partial charge in [-0.15, -0.1) is 0 Å². The minimum atomic E-state index is -0.984. The predicted molar refractivity (Wildman–Crippen MR) is 56.0 cm³/mol. The molecule has 86 valence electrons. The van der Waals surface area contributed by atoms with Crippen LogP contribution in [-0.4, -0.2) is 24.9 Å². The first kappa shape index (κ1) is 11.9. The Morgan fingerprint density at radius 3 is 2.50 bits per heavy atom. The minimum absolute atomic E-state index is 0.0260. The van der Waals surface area contributed by atoms with Gasteiger partial charge < -0.3 is 10.6 Å². The maximum absolute atomic E-state index is 13.2. The monoisotopic (exact) mass is 227 g/mol. The number of benzene rings is 1. The van der Waals surface area contributed by atoms with Crippen molar-refractivity contribution in [3.63, 3.8) is 0 Å². The Balaban J connectivity index is 3.40. The van der Waals surface area contributed by atoms with Crippen molar-refractivity contribution in [2.75, 3.05) is 19.4 Å². The molecule has 0 heterocycles. The van der Waals surface area contributed by atoms with E-state index < -0.39 is 22.3 Å². The molecule has 1 rings (SSSR count). The molecule has 0 bridgehead atoms. The third-order valence-corrected chi connectivity index (χ3v) is 2.02. The quantitative estimate of drug-likeness (QED) is 0.599. The number of anilines is 1. The summed E-state index contributed by atoms with van der Waals surface area (Å²) in [7, 11) is 2.88. The highest BCUT2D eigenvalue weighted by molar-refractivity contribution is 6.00. The molecule has 1 amide bonds. The summed E-state index contributed by atoms with van der Waals surface area (Å²) in [5.74, 6) is -1.51. The number of carbonyl (C=O) groups is 1. The number of nitro groups is 1. The zero-order valence-electron chi connectivity index (χ0n) is 8.70. The molecule has 1 aromatic carbocycles. The van der Waals surface area contributed by atoms with E-state index in [0.717, 1.165) is 12.1 Å². The molecule has 0 aliphatic heterocycles. The first-order valence-corrected chi connectivity index (χ1v) is 4.39. The number of nitro benzene ring substituents is 1. The molecule has 16 heavy (non-hydrogen) atoms. The van der Waals surface area contributed by atoms with Crippen molar-refractivity contribution in [2.24, 2.45) is 0 Å². The average molecular weight is 227 g/mol. The summed E-state index contributed by atoms with van der Waals surface area (Å²) in [4.78, 5) is 21.0. The van der Waals surface area contributed by atoms with Gasteiger partial charge in [0.25, 0.3) is 5.91 Å². The van der Waals surface area contributed by atoms with Crippen molar-refractivity contribution in [3.8, 4) is 0 Å². The molecule has 0 aliphatic carbocycles. The van der Waals surface area contributed by atoms with Crippen molar-refractivity contribution in [3.05, 3.63) is 33.6 Å². The molecule has 0 spiro atoms. The van der Waals surface area contributed by atoms with Crippen LogP contribution in [0.5, 0.6) is 0 Å². The lowest BCUT2D eigenvalue weighted by molar-refractivity contribution is -0.387. The summed E-state index contributed by atoms with van der Waals surface area (Å²) < 4.78 is 13.2. The molecule has 0 fully saturated rings. The fraction of sp³-hybridized carbons (Fsp3) is 0.222. The Kier molecular flexibility index (Phi) is 3.39. The molecule has 0 saturated heterocycles. The molecular formula is C9H10FN3O3. The highest BCUT2D eigenvalue weighted by Gasteiger charge is 2.20. The number of carbonyl (C=O) groups excluding carboxylic acids is 1. The Morgan fingerprint density at radius 1 is 1.44 bits per heavy atom. The molecule has 2 N–H and O–H groups in total. The maximum Gasteiger partial charge on any atom is 0.305 e. The van der Waals surface area contributed by atoms with Crippen molar-refractivity contribution >= 4 is 17.3 Å². The highest BCUT2D eigenvalue weighted by Crippen LogP contribution is 2.25. The van der Waals surface area contributed by atoms with E-state index in [-0.39, 0.29) is 11.3 Å². The minimum Gasteiger partial charge on any atom is -0.387 e. The molecule has 0 unspecified atom stereocenters. The van der Waals surface area contributed by atoms with E-state index in [4.69, 9.17) is 0 Å². The summed E-state index contributed by atoms with van der Waals surface area (Å²) >= 11 is 0. The van der Waals surface area contributed by atoms with Gasteiger partial charge in [0.2, 0.25) is 5.82 Å². The second kappa shape index (κ2) is 4.56. The Labute approximate surface area is 90.6 Å². The summed E-state index contributed by atoms with van der Waals surface area (Å²) in [6.45, 7) is 0. The maximum atomic E-state index is 13.2. The van der Waals surface area contributed by atoms with Gasteiger partial charge in [0, 0.05) is 26.2 Å². The number of rotatable bonds is 3. The lowest BCUT2D eigenvalue weighted by Gasteiger charge is -2.07. The van der Waals surface area contributed by atoms with Crippen LogP contribution in [-0.2, 0) is 0 Å². The van der Waals surface area contributed by atoms with Crippen LogP contribution in [0.3, 0.4) is 0 Å². The topological polar surface area (TPSA) is 84.3 Å². The second-order valence-electron chi connectivity index (χ2n) is 2.94. The van der Waals surface area contributed by atoms with Gasteiger partial charge >= 0.3 is 5.69 Å². The van der Waals surface area contributed by atoms with Crippen LogP contribution in [0.15, 0.2) is 12.1 Å². The fourth-order valence-electron chi connectivity index (χ4n) is 1.23. The molecule has 0 atom stereocenters. The van der Waals surface area contributed by atoms with Gasteiger partial charge in [-0.1, -0.05) is 0 Å². The van der Waals surface area contributed by atoms with Crippen LogP contribution >= 0.6 is 0 Å². The van der Waals surface area contributed by atoms with E-state index in [2.05, 4.69) is 10.6 Å². The van der Waals surface area contributed by atoms with E-state index in [9.17, 15) is 19.3 Å². The molecule has 1 aromatic rings. The normalized spacial score (nSPS) is 9.69. The number of hydrogen-bond donors (Lipinski definition) is 2. The number of halogens is 1. The van der Waals surface area contributed by atoms with Gasteiger partial charge in [0.1, 0.15) is 0 Å². The molecule has 7 heteroatoms. The smallest absolute Gasteiger partial charge is 0.305 e. The van der Waals surface area contributed by atoms with Crippen LogP contribution in [0, 0.1) is 15.9 Å². The summed E-state index contributed by atoms with van der Waals surface area (Å²) in [5.41, 5.74) is -0.502. The Morgan fingerprint density at radius 2 is 2.06 bits per heavy atom. The van der Waals surface area contributed by atoms with E-state index >= 15 is 0 Å². The fourth-order valence-corrected chi connectivity index (χ4v) is 1.23. The van der Waals surface area contributed by atoms with E-state index in [1.54, 1.807) is 0 Å². The Hall–Kier alpha value is -2.18. The van der Waals surface area contributed by atoms with Crippen molar-refractivity contribution in [1.82, 2.24) is 5.32 Å². The lowest BCUT2D eigenvalue weighted by atomic mass is 10.1. The third kappa shape index (κ3) is 2.08. The van der Waals surface area contributed by atoms with Crippen LogP contribution in [0.25, 0.3) is 0 Å². The van der Waals surface area contributed by atoms with Crippen molar-refractivity contribution in [1.29, 1.82) is 0 Å². The molecule has 0 saturated carbocycles. The second-order valence-corrected chi connectivity index (χ2v) is 2.94. The lowest BCUT2D eigenvalue weighted by Crippen LogP contribution is -2.19. The first-order valence-electron chi connectivity index (χ1n) is 4.39. The summed E-state index contributed by atoms with van der Waals surface area (Å²) in [6.07, 6.45) is 0. The van der Waals surface area contributed by atoms with Gasteiger partial charge in [-0.25, -0.2) is 0 Å². The van der Waals surface area contributed by atoms with Gasteiger partial charge in [-0.05, 0) is 0 Å². The zero-order chi connectivity index (χ0) is 12.3. The molecule has 0 radical (unpaired) electrons. The Bertz CT molecular complexity index is 448. The number of nitrogens with zero attached hydrogens (tertiary/aromatic N) is 1. The van der Waals surface area contributed by atoms with Gasteiger partial charge in [0.15, 0.2) is 0 Å². The van der Waals surface area contributed by atoms with Gasteiger partial charge in [-0.2, -0.15) is 4.39 Å². The number of amides is 1. The van der Waals surface area contributed by atoms with Crippen LogP contribution in [0.4, 0.5) is 15.8 Å². The molecule has 0 aromatic heterocycles. The number of hydrogen-bond acceptors (Lipinski definition) is 4. The number of nitrogens with one attached hydrogen (secondary N) is 2. The molecule has 6 nitrogen and oxygen atoms in total. The highest BCUT2D eigenvalue weighted by atomic mass is 19.1. The van der Waals surface area contributed by atoms with Crippen LogP contribution in [0.2, 0.25) is 0 Å². The molecular weight excluding hydrogens is 217 g/mol. The average Bonchev–Trinajstić information content (AvgIpc) is 2.27. The molecule has 0 aliphatic rings. The first-order chi connectivity index (χ1) is 7.51. The van der Waals surface area contributed by atoms with E-state index in [1.165, 1.54) is 14.1 Å². The SMILES string of the molecule is CNC(=O)c1cc([N+](=O)[O-])c(F)cc1NC. The van der Waals surface area contributed by atoms with Crippen LogP contribution in [0.1, 0.15) is 10.4 Å².